The van der Waals surface area contributed by atoms with E-state index in [9.17, 15) is 9.59 Å². The number of nitrogens with zero attached hydrogens (tertiary/aromatic N) is 1. The minimum absolute atomic E-state index is 0.209. The first kappa shape index (κ1) is 9.18. The van der Waals surface area contributed by atoms with Crippen molar-refractivity contribution in [2.75, 3.05) is 5.32 Å². The van der Waals surface area contributed by atoms with Crippen LogP contribution in [0.2, 0.25) is 0 Å². The molecule has 0 radical (unpaired) electrons. The van der Waals surface area contributed by atoms with Crippen molar-refractivity contribution in [2.24, 2.45) is 5.73 Å². The van der Waals surface area contributed by atoms with Crippen molar-refractivity contribution in [3.05, 3.63) is 23.9 Å². The molecule has 1 aromatic rings. The van der Waals surface area contributed by atoms with Crippen LogP contribution >= 0.6 is 0 Å². The average molecular weight is 179 g/mol. The summed E-state index contributed by atoms with van der Waals surface area (Å²) < 4.78 is 0. The zero-order valence-electron chi connectivity index (χ0n) is 7.07. The van der Waals surface area contributed by atoms with Crippen molar-refractivity contribution >= 4 is 17.6 Å². The van der Waals surface area contributed by atoms with Crippen LogP contribution in [0.3, 0.4) is 0 Å². The largest absolute Gasteiger partial charge is 0.366 e. The third-order valence-electron chi connectivity index (χ3n) is 1.35. The van der Waals surface area contributed by atoms with Crippen molar-refractivity contribution in [3.8, 4) is 0 Å². The third kappa shape index (κ3) is 2.55. The zero-order valence-corrected chi connectivity index (χ0v) is 7.07. The van der Waals surface area contributed by atoms with E-state index in [-0.39, 0.29) is 5.91 Å². The number of amides is 2. The monoisotopic (exact) mass is 179 g/mol. The number of hydrogen-bond donors (Lipinski definition) is 2. The molecule has 13 heavy (non-hydrogen) atoms. The Labute approximate surface area is 75.0 Å². The smallest absolute Gasteiger partial charge is 0.250 e. The van der Waals surface area contributed by atoms with E-state index in [0.29, 0.717) is 11.4 Å². The summed E-state index contributed by atoms with van der Waals surface area (Å²) in [7, 11) is 0. The number of pyridine rings is 1. The van der Waals surface area contributed by atoms with Crippen molar-refractivity contribution in [1.29, 1.82) is 0 Å². The van der Waals surface area contributed by atoms with Gasteiger partial charge in [0.05, 0.1) is 5.56 Å². The van der Waals surface area contributed by atoms with Crippen molar-refractivity contribution < 1.29 is 9.59 Å². The fraction of sp³-hybridized carbons (Fsp3) is 0.125. The minimum Gasteiger partial charge on any atom is -0.366 e. The highest BCUT2D eigenvalue weighted by Gasteiger charge is 2.01. The minimum atomic E-state index is -0.540. The number of primary amides is 1. The highest BCUT2D eigenvalue weighted by atomic mass is 16.1. The normalized spacial score (nSPS) is 9.31. The lowest BCUT2D eigenvalue weighted by molar-refractivity contribution is -0.114. The first-order chi connectivity index (χ1) is 6.09. The van der Waals surface area contributed by atoms with Crippen LogP contribution in [-0.4, -0.2) is 16.8 Å². The molecule has 1 rings (SSSR count). The predicted molar refractivity (Wildman–Crippen MR) is 47.1 cm³/mol. The molecule has 2 amide bonds. The molecule has 0 saturated carbocycles. The van der Waals surface area contributed by atoms with Crippen LogP contribution < -0.4 is 11.1 Å². The Balaban J connectivity index is 2.81. The van der Waals surface area contributed by atoms with Gasteiger partial charge in [0.2, 0.25) is 11.8 Å². The van der Waals surface area contributed by atoms with E-state index in [1.807, 2.05) is 0 Å². The summed E-state index contributed by atoms with van der Waals surface area (Å²) in [4.78, 5) is 25.0. The molecule has 0 aliphatic carbocycles. The number of hydrogen-bond acceptors (Lipinski definition) is 3. The molecule has 5 nitrogen and oxygen atoms in total. The van der Waals surface area contributed by atoms with E-state index in [0.717, 1.165) is 0 Å². The van der Waals surface area contributed by atoms with Crippen LogP contribution in [0, 0.1) is 0 Å². The summed E-state index contributed by atoms with van der Waals surface area (Å²) in [6.07, 6.45) is 1.31. The van der Waals surface area contributed by atoms with E-state index in [1.165, 1.54) is 25.3 Å². The van der Waals surface area contributed by atoms with Gasteiger partial charge in [-0.3, -0.25) is 9.59 Å². The Hall–Kier alpha value is -1.91. The second-order valence-corrected chi connectivity index (χ2v) is 2.48. The van der Waals surface area contributed by atoms with Crippen molar-refractivity contribution in [3.63, 3.8) is 0 Å². The molecule has 0 saturated heterocycles. The SMILES string of the molecule is CC(=O)Nc1ccc(C(N)=O)cn1. The topological polar surface area (TPSA) is 85.1 Å². The van der Waals surface area contributed by atoms with Crippen LogP contribution in [0.15, 0.2) is 18.3 Å². The summed E-state index contributed by atoms with van der Waals surface area (Å²) in [6, 6.07) is 3.02. The maximum absolute atomic E-state index is 10.6. The zero-order chi connectivity index (χ0) is 9.84. The first-order valence-corrected chi connectivity index (χ1v) is 3.63. The molecule has 0 unspecified atom stereocenters. The van der Waals surface area contributed by atoms with E-state index in [1.54, 1.807) is 0 Å². The standard InChI is InChI=1S/C8H9N3O2/c1-5(12)11-7-3-2-6(4-10-7)8(9)13/h2-4H,1H3,(H2,9,13)(H,10,11,12). The van der Waals surface area contributed by atoms with Crippen LogP contribution in [0.5, 0.6) is 0 Å². The fourth-order valence-electron chi connectivity index (χ4n) is 0.794. The van der Waals surface area contributed by atoms with Crippen molar-refractivity contribution in [1.82, 2.24) is 4.98 Å². The summed E-state index contributed by atoms with van der Waals surface area (Å²) in [5, 5.41) is 2.47. The number of nitrogens with one attached hydrogen (secondary N) is 1. The molecule has 0 aromatic carbocycles. The molecule has 1 heterocycles. The number of carbonyl (C=O) groups is 2. The van der Waals surface area contributed by atoms with Crippen LogP contribution in [0.4, 0.5) is 5.82 Å². The van der Waals surface area contributed by atoms with Gasteiger partial charge in [0.1, 0.15) is 5.82 Å². The van der Waals surface area contributed by atoms with E-state index >= 15 is 0 Å². The summed E-state index contributed by atoms with van der Waals surface area (Å²) in [6.45, 7) is 1.38. The van der Waals surface area contributed by atoms with Gasteiger partial charge in [-0.25, -0.2) is 4.98 Å². The molecule has 0 aliphatic heterocycles. The molecular formula is C8H9N3O2. The van der Waals surface area contributed by atoms with Gasteiger partial charge in [0.15, 0.2) is 0 Å². The lowest BCUT2D eigenvalue weighted by Crippen LogP contribution is -2.12. The Bertz CT molecular complexity index is 332. The number of anilines is 1. The van der Waals surface area contributed by atoms with E-state index < -0.39 is 5.91 Å². The van der Waals surface area contributed by atoms with Gasteiger partial charge in [-0.15, -0.1) is 0 Å². The van der Waals surface area contributed by atoms with Gasteiger partial charge in [0, 0.05) is 13.1 Å². The quantitative estimate of drug-likeness (QED) is 0.677. The molecule has 1 aromatic heterocycles. The Morgan fingerprint density at radius 3 is 2.54 bits per heavy atom. The number of rotatable bonds is 2. The molecule has 0 fully saturated rings. The highest BCUT2D eigenvalue weighted by molar-refractivity contribution is 5.93. The van der Waals surface area contributed by atoms with Crippen LogP contribution in [0.25, 0.3) is 0 Å². The highest BCUT2D eigenvalue weighted by Crippen LogP contribution is 2.03. The molecular weight excluding hydrogens is 170 g/mol. The van der Waals surface area contributed by atoms with Gasteiger partial charge in [-0.1, -0.05) is 0 Å². The van der Waals surface area contributed by atoms with E-state index in [4.69, 9.17) is 5.73 Å². The molecule has 5 heteroatoms. The van der Waals surface area contributed by atoms with Gasteiger partial charge >= 0.3 is 0 Å². The second kappa shape index (κ2) is 3.66. The van der Waals surface area contributed by atoms with E-state index in [2.05, 4.69) is 10.3 Å². The average Bonchev–Trinajstić information content (AvgIpc) is 2.04. The van der Waals surface area contributed by atoms with Gasteiger partial charge in [-0.05, 0) is 12.1 Å². The van der Waals surface area contributed by atoms with Crippen LogP contribution in [0.1, 0.15) is 17.3 Å². The molecule has 0 atom stereocenters. The molecule has 0 spiro atoms. The van der Waals surface area contributed by atoms with Crippen LogP contribution in [-0.2, 0) is 4.79 Å². The number of carbonyl (C=O) groups excluding carboxylic acids is 2. The Morgan fingerprint density at radius 1 is 1.46 bits per heavy atom. The molecule has 3 N–H and O–H groups in total. The fourth-order valence-corrected chi connectivity index (χ4v) is 0.794. The van der Waals surface area contributed by atoms with Gasteiger partial charge < -0.3 is 11.1 Å². The maximum atomic E-state index is 10.6. The Morgan fingerprint density at radius 2 is 2.15 bits per heavy atom. The summed E-state index contributed by atoms with van der Waals surface area (Å²) in [5.74, 6) is -0.348. The maximum Gasteiger partial charge on any atom is 0.250 e. The molecule has 0 bridgehead atoms. The third-order valence-corrected chi connectivity index (χ3v) is 1.35. The number of aromatic nitrogens is 1. The van der Waals surface area contributed by atoms with Gasteiger partial charge in [0.25, 0.3) is 0 Å². The molecule has 68 valence electrons. The summed E-state index contributed by atoms with van der Waals surface area (Å²) in [5.41, 5.74) is 5.31. The van der Waals surface area contributed by atoms with Crippen molar-refractivity contribution in [2.45, 2.75) is 6.92 Å². The second-order valence-electron chi connectivity index (χ2n) is 2.48. The predicted octanol–water partition coefficient (Wildman–Crippen LogP) is 0.139. The first-order valence-electron chi connectivity index (χ1n) is 3.63. The lowest BCUT2D eigenvalue weighted by atomic mass is 10.3. The molecule has 0 aliphatic rings. The van der Waals surface area contributed by atoms with Gasteiger partial charge in [-0.2, -0.15) is 0 Å². The number of nitrogens with two attached hydrogens (primary N) is 1. The summed E-state index contributed by atoms with van der Waals surface area (Å²) >= 11 is 0. The Kier molecular flexibility index (Phi) is 2.59. The lowest BCUT2D eigenvalue weighted by Gasteiger charge is -2.00.